The number of alkyl halides is 2. The topological polar surface area (TPSA) is 114 Å². The Labute approximate surface area is 230 Å². The molecule has 10 heteroatoms. The van der Waals surface area contributed by atoms with Crippen molar-refractivity contribution in [2.24, 2.45) is 0 Å². The highest BCUT2D eigenvalue weighted by Gasteiger charge is 2.32. The third-order valence-electron chi connectivity index (χ3n) is 6.76. The van der Waals surface area contributed by atoms with Crippen LogP contribution >= 0.6 is 0 Å². The van der Waals surface area contributed by atoms with E-state index in [0.29, 0.717) is 0 Å². The number of carbonyl (C=O) groups is 3. The smallest absolute Gasteiger partial charge is 0.407 e. The predicted molar refractivity (Wildman–Crippen MR) is 143 cm³/mol. The Kier molecular flexibility index (Phi) is 9.44. The van der Waals surface area contributed by atoms with E-state index in [1.54, 1.807) is 24.3 Å². The van der Waals surface area contributed by atoms with Crippen molar-refractivity contribution in [3.05, 3.63) is 95.6 Å². The molecule has 1 aliphatic rings. The van der Waals surface area contributed by atoms with Crippen LogP contribution in [-0.4, -0.2) is 54.3 Å². The summed E-state index contributed by atoms with van der Waals surface area (Å²) in [7, 11) is 0. The molecule has 0 aromatic heterocycles. The lowest BCUT2D eigenvalue weighted by Gasteiger charge is -2.24. The van der Waals surface area contributed by atoms with Gasteiger partial charge in [-0.3, -0.25) is 4.79 Å². The minimum atomic E-state index is -3.10. The molecule has 210 valence electrons. The van der Waals surface area contributed by atoms with Gasteiger partial charge in [-0.2, -0.15) is 0 Å². The van der Waals surface area contributed by atoms with E-state index in [2.05, 4.69) is 5.32 Å². The van der Waals surface area contributed by atoms with Gasteiger partial charge in [-0.25, -0.2) is 18.4 Å². The zero-order valence-electron chi connectivity index (χ0n) is 21.8. The number of amides is 2. The molecule has 40 heavy (non-hydrogen) atoms. The van der Waals surface area contributed by atoms with Crippen LogP contribution in [0.15, 0.2) is 78.9 Å². The number of halogens is 2. The molecule has 3 aromatic rings. The zero-order valence-corrected chi connectivity index (χ0v) is 21.8. The SMILES string of the molecule is C[C@H](OCc1ccccc1)[C@@H](NC(=O)CC(NC(=O)OCC1c2ccccc2-c2ccccc21)C(F)F)C(=O)O. The molecule has 3 aromatic carbocycles. The van der Waals surface area contributed by atoms with Gasteiger partial charge in [-0.15, -0.1) is 0 Å². The average Bonchev–Trinajstić information content (AvgIpc) is 3.27. The zero-order chi connectivity index (χ0) is 28.6. The number of rotatable bonds is 12. The van der Waals surface area contributed by atoms with Crippen molar-refractivity contribution < 1.29 is 37.7 Å². The minimum absolute atomic E-state index is 0.0840. The number of benzene rings is 3. The largest absolute Gasteiger partial charge is 0.480 e. The average molecular weight is 553 g/mol. The Hall–Kier alpha value is -4.31. The number of nitrogens with one attached hydrogen (secondary N) is 2. The van der Waals surface area contributed by atoms with Gasteiger partial charge in [0, 0.05) is 5.92 Å². The van der Waals surface area contributed by atoms with Gasteiger partial charge in [0.25, 0.3) is 6.43 Å². The molecule has 1 aliphatic carbocycles. The normalized spacial score (nSPS) is 14.5. The second-order valence-corrected chi connectivity index (χ2v) is 9.50. The van der Waals surface area contributed by atoms with Crippen LogP contribution in [-0.2, 0) is 25.7 Å². The van der Waals surface area contributed by atoms with Crippen LogP contribution in [0, 0.1) is 0 Å². The van der Waals surface area contributed by atoms with E-state index in [1.807, 2.05) is 59.9 Å². The van der Waals surface area contributed by atoms with Gasteiger partial charge in [0.15, 0.2) is 6.04 Å². The van der Waals surface area contributed by atoms with Gasteiger partial charge in [0.2, 0.25) is 5.91 Å². The number of alkyl carbamates (subject to hydrolysis) is 1. The summed E-state index contributed by atoms with van der Waals surface area (Å²) in [5.41, 5.74) is 4.76. The molecular weight excluding hydrogens is 522 g/mol. The lowest BCUT2D eigenvalue weighted by molar-refractivity contribution is -0.146. The lowest BCUT2D eigenvalue weighted by atomic mass is 9.98. The molecule has 0 bridgehead atoms. The Morgan fingerprint density at radius 2 is 1.45 bits per heavy atom. The van der Waals surface area contributed by atoms with Gasteiger partial charge < -0.3 is 25.2 Å². The molecule has 0 fully saturated rings. The summed E-state index contributed by atoms with van der Waals surface area (Å²) >= 11 is 0. The molecule has 8 nitrogen and oxygen atoms in total. The maximum Gasteiger partial charge on any atom is 0.407 e. The summed E-state index contributed by atoms with van der Waals surface area (Å²) < 4.78 is 38.3. The maximum absolute atomic E-state index is 13.7. The Balaban J connectivity index is 1.31. The Morgan fingerprint density at radius 1 is 0.875 bits per heavy atom. The minimum Gasteiger partial charge on any atom is -0.480 e. The van der Waals surface area contributed by atoms with Crippen LogP contribution in [0.5, 0.6) is 0 Å². The highest BCUT2D eigenvalue weighted by Crippen LogP contribution is 2.44. The molecule has 2 amide bonds. The van der Waals surface area contributed by atoms with E-state index in [9.17, 15) is 28.3 Å². The monoisotopic (exact) mass is 552 g/mol. The van der Waals surface area contributed by atoms with E-state index in [1.165, 1.54) is 6.92 Å². The fourth-order valence-electron chi connectivity index (χ4n) is 4.70. The summed E-state index contributed by atoms with van der Waals surface area (Å²) in [4.78, 5) is 36.7. The fourth-order valence-corrected chi connectivity index (χ4v) is 4.70. The molecule has 0 saturated carbocycles. The third kappa shape index (κ3) is 7.01. The number of aliphatic carboxylic acids is 1. The van der Waals surface area contributed by atoms with E-state index in [0.717, 1.165) is 27.8 Å². The first-order chi connectivity index (χ1) is 19.2. The van der Waals surface area contributed by atoms with E-state index in [4.69, 9.17) is 9.47 Å². The standard InChI is InChI=1S/C30H30F2N2O6/c1-18(39-16-19-9-3-2-4-10-19)27(29(36)37)34-26(35)15-25(28(31)32)33-30(38)40-17-24-22-13-7-5-11-20(22)21-12-6-8-14-23(21)24/h2-14,18,24-25,27-28H,15-17H2,1H3,(H,33,38)(H,34,35)(H,36,37)/t18-,25?,27+/m0/s1. The Bertz CT molecular complexity index is 1290. The number of fused-ring (bicyclic) bond motifs is 3. The van der Waals surface area contributed by atoms with Gasteiger partial charge in [0.1, 0.15) is 12.6 Å². The molecule has 0 saturated heterocycles. The molecule has 4 rings (SSSR count). The number of carboxylic acid groups (broad SMARTS) is 1. The van der Waals surface area contributed by atoms with Crippen LogP contribution in [0.2, 0.25) is 0 Å². The number of ether oxygens (including phenoxy) is 2. The van der Waals surface area contributed by atoms with Crippen molar-refractivity contribution in [3.8, 4) is 11.1 Å². The van der Waals surface area contributed by atoms with E-state index < -0.39 is 49.0 Å². The van der Waals surface area contributed by atoms with Crippen molar-refractivity contribution in [1.29, 1.82) is 0 Å². The summed E-state index contributed by atoms with van der Waals surface area (Å²) in [6.45, 7) is 1.48. The first-order valence-electron chi connectivity index (χ1n) is 12.8. The molecule has 1 unspecified atom stereocenters. The lowest BCUT2D eigenvalue weighted by Crippen LogP contribution is -2.51. The van der Waals surface area contributed by atoms with Crippen molar-refractivity contribution in [2.75, 3.05) is 6.61 Å². The van der Waals surface area contributed by atoms with E-state index in [-0.39, 0.29) is 19.1 Å². The maximum atomic E-state index is 13.7. The summed E-state index contributed by atoms with van der Waals surface area (Å²) in [5, 5.41) is 13.8. The summed E-state index contributed by atoms with van der Waals surface area (Å²) in [6.07, 6.45) is -6.01. The number of carbonyl (C=O) groups excluding carboxylic acids is 2. The van der Waals surface area contributed by atoms with Crippen LogP contribution in [0.1, 0.15) is 36.0 Å². The van der Waals surface area contributed by atoms with Crippen LogP contribution in [0.4, 0.5) is 13.6 Å². The van der Waals surface area contributed by atoms with Gasteiger partial charge in [0.05, 0.1) is 19.1 Å². The summed E-state index contributed by atoms with van der Waals surface area (Å²) in [6, 6.07) is 21.0. The van der Waals surface area contributed by atoms with Crippen LogP contribution in [0.3, 0.4) is 0 Å². The molecular formula is C30H30F2N2O6. The van der Waals surface area contributed by atoms with Gasteiger partial charge in [-0.05, 0) is 34.7 Å². The highest BCUT2D eigenvalue weighted by atomic mass is 19.3. The predicted octanol–water partition coefficient (Wildman–Crippen LogP) is 4.72. The fraction of sp³-hybridized carbons (Fsp3) is 0.300. The van der Waals surface area contributed by atoms with E-state index >= 15 is 0 Å². The molecule has 0 aliphatic heterocycles. The first kappa shape index (κ1) is 28.7. The molecule has 0 radical (unpaired) electrons. The second kappa shape index (κ2) is 13.2. The highest BCUT2D eigenvalue weighted by molar-refractivity contribution is 5.84. The number of carboxylic acids is 1. The first-order valence-corrected chi connectivity index (χ1v) is 12.8. The molecule has 0 heterocycles. The third-order valence-corrected chi connectivity index (χ3v) is 6.76. The van der Waals surface area contributed by atoms with Crippen molar-refractivity contribution >= 4 is 18.0 Å². The van der Waals surface area contributed by atoms with Crippen molar-refractivity contribution in [1.82, 2.24) is 10.6 Å². The Morgan fingerprint density at radius 3 is 2.02 bits per heavy atom. The molecule has 0 spiro atoms. The van der Waals surface area contributed by atoms with Crippen LogP contribution in [0.25, 0.3) is 11.1 Å². The van der Waals surface area contributed by atoms with Crippen molar-refractivity contribution in [3.63, 3.8) is 0 Å². The van der Waals surface area contributed by atoms with Crippen LogP contribution < -0.4 is 10.6 Å². The van der Waals surface area contributed by atoms with Crippen molar-refractivity contribution in [2.45, 2.75) is 50.5 Å². The molecule has 3 N–H and O–H groups in total. The second-order valence-electron chi connectivity index (χ2n) is 9.50. The quantitative estimate of drug-likeness (QED) is 0.300. The van der Waals surface area contributed by atoms with Gasteiger partial charge >= 0.3 is 12.1 Å². The number of hydrogen-bond acceptors (Lipinski definition) is 5. The molecule has 3 atom stereocenters. The summed E-state index contributed by atoms with van der Waals surface area (Å²) in [5.74, 6) is -2.63. The number of hydrogen-bond donors (Lipinski definition) is 3. The van der Waals surface area contributed by atoms with Gasteiger partial charge in [-0.1, -0.05) is 78.9 Å².